The van der Waals surface area contributed by atoms with E-state index in [-0.39, 0.29) is 24.0 Å². The molecule has 1 aliphatic heterocycles. The second-order valence-electron chi connectivity index (χ2n) is 6.56. The van der Waals surface area contributed by atoms with Gasteiger partial charge in [0.1, 0.15) is 5.75 Å². The van der Waals surface area contributed by atoms with Gasteiger partial charge in [-0.2, -0.15) is 0 Å². The van der Waals surface area contributed by atoms with Crippen molar-refractivity contribution >= 4 is 41.3 Å². The van der Waals surface area contributed by atoms with Crippen LogP contribution in [-0.4, -0.2) is 49.1 Å². The van der Waals surface area contributed by atoms with Crippen LogP contribution < -0.4 is 10.1 Å². The molecule has 1 aromatic carbocycles. The van der Waals surface area contributed by atoms with Gasteiger partial charge in [0.25, 0.3) is 0 Å². The SMILES string of the molecule is CCNC(=NCCc1ncc(C)s1)N1CCC(c2ccc(OC)cc2)C1.I. The third kappa shape index (κ3) is 6.07. The number of ether oxygens (including phenoxy) is 1. The largest absolute Gasteiger partial charge is 0.497 e. The molecule has 148 valence electrons. The number of nitrogens with one attached hydrogen (secondary N) is 1. The van der Waals surface area contributed by atoms with E-state index in [0.717, 1.165) is 50.7 Å². The molecule has 3 rings (SSSR count). The number of nitrogens with zero attached hydrogens (tertiary/aromatic N) is 3. The Balaban J connectivity index is 0.00000261. The maximum Gasteiger partial charge on any atom is 0.193 e. The molecule has 1 unspecified atom stereocenters. The maximum atomic E-state index is 5.26. The van der Waals surface area contributed by atoms with Gasteiger partial charge in [-0.25, -0.2) is 4.98 Å². The van der Waals surface area contributed by atoms with Crippen LogP contribution in [0, 0.1) is 6.92 Å². The van der Waals surface area contributed by atoms with Crippen LogP contribution in [0.5, 0.6) is 5.75 Å². The average Bonchev–Trinajstić information content (AvgIpc) is 3.30. The fraction of sp³-hybridized carbons (Fsp3) is 0.500. The minimum atomic E-state index is 0. The first-order valence-corrected chi connectivity index (χ1v) is 10.1. The highest BCUT2D eigenvalue weighted by Crippen LogP contribution is 2.28. The van der Waals surface area contributed by atoms with Gasteiger partial charge in [0.2, 0.25) is 0 Å². The summed E-state index contributed by atoms with van der Waals surface area (Å²) in [6.45, 7) is 7.93. The van der Waals surface area contributed by atoms with Crippen molar-refractivity contribution in [2.45, 2.75) is 32.6 Å². The Morgan fingerprint density at radius 1 is 1.37 bits per heavy atom. The molecule has 0 amide bonds. The number of hydrogen-bond donors (Lipinski definition) is 1. The smallest absolute Gasteiger partial charge is 0.193 e. The number of halogens is 1. The lowest BCUT2D eigenvalue weighted by atomic mass is 9.98. The Morgan fingerprint density at radius 2 is 2.15 bits per heavy atom. The Hall–Kier alpha value is -1.35. The number of methoxy groups -OCH3 is 1. The molecule has 0 aliphatic carbocycles. The van der Waals surface area contributed by atoms with Crippen molar-refractivity contribution in [3.8, 4) is 5.75 Å². The number of aryl methyl sites for hydroxylation is 1. The molecule has 1 aliphatic rings. The monoisotopic (exact) mass is 500 g/mol. The highest BCUT2D eigenvalue weighted by Gasteiger charge is 2.26. The summed E-state index contributed by atoms with van der Waals surface area (Å²) in [5.74, 6) is 2.49. The Kier molecular flexibility index (Phi) is 8.82. The van der Waals surface area contributed by atoms with Crippen LogP contribution in [0.4, 0.5) is 0 Å². The van der Waals surface area contributed by atoms with E-state index in [1.165, 1.54) is 15.4 Å². The zero-order valence-corrected chi connectivity index (χ0v) is 19.4. The average molecular weight is 500 g/mol. The molecule has 2 aromatic rings. The van der Waals surface area contributed by atoms with Gasteiger partial charge in [0, 0.05) is 49.6 Å². The number of thiazole rings is 1. The molecule has 5 nitrogen and oxygen atoms in total. The lowest BCUT2D eigenvalue weighted by Crippen LogP contribution is -2.40. The lowest BCUT2D eigenvalue weighted by Gasteiger charge is -2.21. The van der Waals surface area contributed by atoms with Crippen LogP contribution in [0.3, 0.4) is 0 Å². The highest BCUT2D eigenvalue weighted by molar-refractivity contribution is 14.0. The van der Waals surface area contributed by atoms with Crippen molar-refractivity contribution in [2.24, 2.45) is 4.99 Å². The number of hydrogen-bond acceptors (Lipinski definition) is 4. The van der Waals surface area contributed by atoms with Crippen molar-refractivity contribution in [3.63, 3.8) is 0 Å². The Morgan fingerprint density at radius 3 is 2.78 bits per heavy atom. The van der Waals surface area contributed by atoms with Gasteiger partial charge in [-0.3, -0.25) is 4.99 Å². The van der Waals surface area contributed by atoms with E-state index in [1.54, 1.807) is 18.4 Å². The molecular weight excluding hydrogens is 471 g/mol. The normalized spacial score (nSPS) is 16.9. The van der Waals surface area contributed by atoms with E-state index in [4.69, 9.17) is 9.73 Å². The van der Waals surface area contributed by atoms with E-state index >= 15 is 0 Å². The summed E-state index contributed by atoms with van der Waals surface area (Å²) in [5, 5.41) is 4.61. The number of aliphatic imine (C=N–C) groups is 1. The minimum Gasteiger partial charge on any atom is -0.497 e. The number of guanidine groups is 1. The topological polar surface area (TPSA) is 49.8 Å². The van der Waals surface area contributed by atoms with Gasteiger partial charge < -0.3 is 15.0 Å². The highest BCUT2D eigenvalue weighted by atomic mass is 127. The van der Waals surface area contributed by atoms with Crippen molar-refractivity contribution in [1.82, 2.24) is 15.2 Å². The summed E-state index contributed by atoms with van der Waals surface area (Å²) in [6.07, 6.45) is 4.00. The molecule has 0 saturated carbocycles. The molecule has 27 heavy (non-hydrogen) atoms. The molecule has 0 radical (unpaired) electrons. The van der Waals surface area contributed by atoms with Crippen molar-refractivity contribution in [2.75, 3.05) is 33.3 Å². The molecule has 2 heterocycles. The first-order chi connectivity index (χ1) is 12.7. The Labute approximate surface area is 183 Å². The van der Waals surface area contributed by atoms with E-state index < -0.39 is 0 Å². The number of benzene rings is 1. The van der Waals surface area contributed by atoms with Crippen molar-refractivity contribution < 1.29 is 4.74 Å². The van der Waals surface area contributed by atoms with Gasteiger partial charge >= 0.3 is 0 Å². The van der Waals surface area contributed by atoms with Crippen LogP contribution in [0.1, 0.15) is 34.7 Å². The van der Waals surface area contributed by atoms with E-state index in [9.17, 15) is 0 Å². The summed E-state index contributed by atoms with van der Waals surface area (Å²) in [4.78, 5) is 12.9. The minimum absolute atomic E-state index is 0. The standard InChI is InChI=1S/C20H28N4OS.HI/c1-4-21-20(22-11-9-19-23-13-15(2)26-19)24-12-10-17(14-24)16-5-7-18(25-3)8-6-16;/h5-8,13,17H,4,9-12,14H2,1-3H3,(H,21,22);1H. The Bertz CT molecular complexity index is 732. The predicted octanol–water partition coefficient (Wildman–Crippen LogP) is 4.08. The second kappa shape index (κ2) is 10.8. The molecule has 1 fully saturated rings. The quantitative estimate of drug-likeness (QED) is 0.369. The zero-order chi connectivity index (χ0) is 18.4. The van der Waals surface area contributed by atoms with E-state index in [2.05, 4.69) is 41.2 Å². The van der Waals surface area contributed by atoms with Gasteiger partial charge in [-0.15, -0.1) is 35.3 Å². The molecule has 7 heteroatoms. The van der Waals surface area contributed by atoms with Gasteiger partial charge in [0.05, 0.1) is 12.1 Å². The van der Waals surface area contributed by atoms with Gasteiger partial charge in [0.15, 0.2) is 5.96 Å². The summed E-state index contributed by atoms with van der Waals surface area (Å²) in [5.41, 5.74) is 1.38. The van der Waals surface area contributed by atoms with Gasteiger partial charge in [-0.05, 0) is 38.0 Å². The molecule has 0 spiro atoms. The molecule has 1 aromatic heterocycles. The zero-order valence-electron chi connectivity index (χ0n) is 16.3. The number of aromatic nitrogens is 1. The summed E-state index contributed by atoms with van der Waals surface area (Å²) in [6, 6.07) is 8.46. The molecule has 1 saturated heterocycles. The van der Waals surface area contributed by atoms with Crippen LogP contribution >= 0.6 is 35.3 Å². The lowest BCUT2D eigenvalue weighted by molar-refractivity contribution is 0.414. The summed E-state index contributed by atoms with van der Waals surface area (Å²) in [7, 11) is 1.71. The van der Waals surface area contributed by atoms with Crippen LogP contribution in [0.15, 0.2) is 35.5 Å². The molecule has 0 bridgehead atoms. The van der Waals surface area contributed by atoms with Gasteiger partial charge in [-0.1, -0.05) is 12.1 Å². The fourth-order valence-electron chi connectivity index (χ4n) is 3.30. The molecule has 1 N–H and O–H groups in total. The third-order valence-electron chi connectivity index (χ3n) is 4.67. The van der Waals surface area contributed by atoms with Crippen LogP contribution in [0.25, 0.3) is 0 Å². The van der Waals surface area contributed by atoms with Crippen LogP contribution in [0.2, 0.25) is 0 Å². The summed E-state index contributed by atoms with van der Waals surface area (Å²) >= 11 is 1.76. The predicted molar refractivity (Wildman–Crippen MR) is 124 cm³/mol. The van der Waals surface area contributed by atoms with Crippen LogP contribution in [-0.2, 0) is 6.42 Å². The summed E-state index contributed by atoms with van der Waals surface area (Å²) < 4.78 is 5.26. The van der Waals surface area contributed by atoms with Crippen molar-refractivity contribution in [1.29, 1.82) is 0 Å². The number of likely N-dealkylation sites (tertiary alicyclic amines) is 1. The molecular formula is C20H29IN4OS. The number of rotatable bonds is 6. The second-order valence-corrected chi connectivity index (χ2v) is 7.87. The van der Waals surface area contributed by atoms with E-state index in [1.807, 2.05) is 18.3 Å². The first-order valence-electron chi connectivity index (χ1n) is 9.28. The van der Waals surface area contributed by atoms with E-state index in [0.29, 0.717) is 5.92 Å². The van der Waals surface area contributed by atoms with Crippen molar-refractivity contribution in [3.05, 3.63) is 45.9 Å². The maximum absolute atomic E-state index is 5.26. The fourth-order valence-corrected chi connectivity index (χ4v) is 4.08. The third-order valence-corrected chi connectivity index (χ3v) is 5.64. The molecule has 1 atom stereocenters. The first kappa shape index (κ1) is 21.9.